The maximum Gasteiger partial charge on any atom is 0.337 e. The van der Waals surface area contributed by atoms with Gasteiger partial charge in [0.1, 0.15) is 5.75 Å². The fraction of sp³-hybridized carbons (Fsp3) is 0.286. The van der Waals surface area contributed by atoms with Crippen molar-refractivity contribution in [2.75, 3.05) is 20.3 Å². The molecule has 3 aromatic carbocycles. The van der Waals surface area contributed by atoms with Gasteiger partial charge in [0, 0.05) is 17.5 Å². The number of esters is 1. The lowest BCUT2D eigenvalue weighted by atomic mass is 9.95. The highest BCUT2D eigenvalue weighted by Gasteiger charge is 2.42. The first-order chi connectivity index (χ1) is 17.1. The number of rotatable bonds is 7. The number of fused-ring (bicyclic) bond motifs is 3. The molecule has 2 aliphatic heterocycles. The first-order valence-corrected chi connectivity index (χ1v) is 11.8. The minimum atomic E-state index is -0.471. The van der Waals surface area contributed by atoms with Crippen molar-refractivity contribution in [3.8, 4) is 17.2 Å². The van der Waals surface area contributed by atoms with Gasteiger partial charge in [-0.1, -0.05) is 24.3 Å². The van der Waals surface area contributed by atoms with E-state index >= 15 is 0 Å². The Hall–Kier alpha value is -4.00. The van der Waals surface area contributed by atoms with Gasteiger partial charge in [0.25, 0.3) is 0 Å². The van der Waals surface area contributed by atoms with Crippen LogP contribution in [0.1, 0.15) is 59.6 Å². The molecule has 180 valence electrons. The molecule has 0 N–H and O–H groups in total. The van der Waals surface area contributed by atoms with Gasteiger partial charge in [-0.2, -0.15) is 5.10 Å². The lowest BCUT2D eigenvalue weighted by molar-refractivity contribution is -0.0212. The number of ether oxygens (including phenoxy) is 4. The number of para-hydroxylation sites is 1. The van der Waals surface area contributed by atoms with E-state index in [1.807, 2.05) is 67.4 Å². The molecule has 5 rings (SSSR count). The lowest BCUT2D eigenvalue weighted by Gasteiger charge is -2.38. The first-order valence-electron chi connectivity index (χ1n) is 11.8. The molecule has 0 aromatic heterocycles. The Bertz CT molecular complexity index is 1240. The fourth-order valence-electron chi connectivity index (χ4n) is 4.56. The second kappa shape index (κ2) is 9.70. The standard InChI is InChI=1S/C28H28N2O5/c1-4-33-21-15-13-18(14-16-21)23-17-24-22-7-6-8-25(34-5-2)26(22)35-27(30(24)29-23)19-9-11-20(12-10-19)28(31)32-3/h6-16,24,27H,4-5,17H2,1-3H3. The number of nitrogens with zero attached hydrogens (tertiary/aromatic N) is 2. The Morgan fingerprint density at radius 3 is 2.43 bits per heavy atom. The number of carbonyl (C=O) groups excluding carboxylic acids is 1. The van der Waals surface area contributed by atoms with Crippen molar-refractivity contribution < 1.29 is 23.7 Å². The molecule has 2 atom stereocenters. The van der Waals surface area contributed by atoms with Crippen molar-refractivity contribution in [2.24, 2.45) is 5.10 Å². The van der Waals surface area contributed by atoms with E-state index in [4.69, 9.17) is 24.0 Å². The third-order valence-electron chi connectivity index (χ3n) is 6.20. The summed E-state index contributed by atoms with van der Waals surface area (Å²) in [5, 5.41) is 7.02. The molecule has 0 amide bonds. The highest BCUT2D eigenvalue weighted by molar-refractivity contribution is 6.02. The van der Waals surface area contributed by atoms with Gasteiger partial charge >= 0.3 is 5.97 Å². The van der Waals surface area contributed by atoms with Crippen LogP contribution >= 0.6 is 0 Å². The highest BCUT2D eigenvalue weighted by atomic mass is 16.5. The van der Waals surface area contributed by atoms with Gasteiger partial charge in [0.15, 0.2) is 11.5 Å². The van der Waals surface area contributed by atoms with E-state index < -0.39 is 6.23 Å². The molecule has 0 aliphatic carbocycles. The Morgan fingerprint density at radius 1 is 1.00 bits per heavy atom. The van der Waals surface area contributed by atoms with Crippen LogP contribution in [-0.4, -0.2) is 37.0 Å². The largest absolute Gasteiger partial charge is 0.494 e. The summed E-state index contributed by atoms with van der Waals surface area (Å²) < 4.78 is 22.9. The molecular weight excluding hydrogens is 444 g/mol. The number of methoxy groups -OCH3 is 1. The van der Waals surface area contributed by atoms with Crippen LogP contribution in [0.5, 0.6) is 17.2 Å². The topological polar surface area (TPSA) is 69.6 Å². The second-order valence-electron chi connectivity index (χ2n) is 8.30. The minimum absolute atomic E-state index is 0.00833. The van der Waals surface area contributed by atoms with E-state index in [0.29, 0.717) is 18.8 Å². The summed E-state index contributed by atoms with van der Waals surface area (Å²) in [7, 11) is 1.37. The van der Waals surface area contributed by atoms with Crippen LogP contribution < -0.4 is 14.2 Å². The molecule has 0 saturated carbocycles. The molecule has 0 fully saturated rings. The Kier molecular flexibility index (Phi) is 6.31. The molecular formula is C28H28N2O5. The fourth-order valence-corrected chi connectivity index (χ4v) is 4.56. The van der Waals surface area contributed by atoms with E-state index in [9.17, 15) is 4.79 Å². The normalized spacial score (nSPS) is 18.1. The smallest absolute Gasteiger partial charge is 0.337 e. The van der Waals surface area contributed by atoms with Gasteiger partial charge in [0.05, 0.1) is 37.6 Å². The van der Waals surface area contributed by atoms with Gasteiger partial charge in [-0.15, -0.1) is 0 Å². The molecule has 2 aliphatic rings. The predicted molar refractivity (Wildman–Crippen MR) is 132 cm³/mol. The van der Waals surface area contributed by atoms with Crippen molar-refractivity contribution in [1.82, 2.24) is 5.01 Å². The molecule has 2 heterocycles. The summed E-state index contributed by atoms with van der Waals surface area (Å²) in [5.74, 6) is 1.92. The second-order valence-corrected chi connectivity index (χ2v) is 8.30. The summed E-state index contributed by atoms with van der Waals surface area (Å²) in [6.45, 7) is 5.10. The molecule has 3 aromatic rings. The maximum absolute atomic E-state index is 11.9. The van der Waals surface area contributed by atoms with Crippen LogP contribution in [0.3, 0.4) is 0 Å². The zero-order valence-corrected chi connectivity index (χ0v) is 20.1. The molecule has 0 bridgehead atoms. The van der Waals surface area contributed by atoms with Gasteiger partial charge in [-0.25, -0.2) is 9.80 Å². The summed E-state index contributed by atoms with van der Waals surface area (Å²) in [4.78, 5) is 11.9. The third kappa shape index (κ3) is 4.30. The van der Waals surface area contributed by atoms with Crippen molar-refractivity contribution in [3.05, 3.63) is 89.0 Å². The van der Waals surface area contributed by atoms with Crippen LogP contribution in [0.25, 0.3) is 0 Å². The van der Waals surface area contributed by atoms with Gasteiger partial charge < -0.3 is 18.9 Å². The minimum Gasteiger partial charge on any atom is -0.494 e. The average Bonchev–Trinajstić information content (AvgIpc) is 3.35. The van der Waals surface area contributed by atoms with Crippen LogP contribution in [0, 0.1) is 0 Å². The number of hydrazone groups is 1. The monoisotopic (exact) mass is 472 g/mol. The van der Waals surface area contributed by atoms with E-state index in [2.05, 4.69) is 6.07 Å². The van der Waals surface area contributed by atoms with E-state index in [-0.39, 0.29) is 12.0 Å². The highest BCUT2D eigenvalue weighted by Crippen LogP contribution is 2.50. The molecule has 35 heavy (non-hydrogen) atoms. The maximum atomic E-state index is 11.9. The van der Waals surface area contributed by atoms with Crippen LogP contribution in [0.4, 0.5) is 0 Å². The van der Waals surface area contributed by atoms with Crippen LogP contribution in [0.2, 0.25) is 0 Å². The van der Waals surface area contributed by atoms with E-state index in [0.717, 1.165) is 46.1 Å². The quantitative estimate of drug-likeness (QED) is 0.422. The summed E-state index contributed by atoms with van der Waals surface area (Å²) in [6, 6.07) is 21.3. The summed E-state index contributed by atoms with van der Waals surface area (Å²) in [6.07, 6.45) is 0.262. The molecule has 7 nitrogen and oxygen atoms in total. The number of hydrogen-bond donors (Lipinski definition) is 0. The van der Waals surface area contributed by atoms with Gasteiger partial charge in [0.2, 0.25) is 6.23 Å². The number of benzene rings is 3. The Labute approximate surface area is 204 Å². The van der Waals surface area contributed by atoms with E-state index in [1.54, 1.807) is 12.1 Å². The molecule has 2 unspecified atom stereocenters. The van der Waals surface area contributed by atoms with E-state index in [1.165, 1.54) is 7.11 Å². The van der Waals surface area contributed by atoms with Gasteiger partial charge in [-0.3, -0.25) is 0 Å². The van der Waals surface area contributed by atoms with Crippen molar-refractivity contribution in [2.45, 2.75) is 32.5 Å². The third-order valence-corrected chi connectivity index (χ3v) is 6.20. The van der Waals surface area contributed by atoms with Crippen molar-refractivity contribution in [1.29, 1.82) is 0 Å². The SMILES string of the molecule is CCOc1ccc(C2=NN3C(C2)c2cccc(OCC)c2OC3c2ccc(C(=O)OC)cc2)cc1. The predicted octanol–water partition coefficient (Wildman–Crippen LogP) is 5.51. The Morgan fingerprint density at radius 2 is 1.74 bits per heavy atom. The summed E-state index contributed by atoms with van der Waals surface area (Å²) in [5.41, 5.74) is 4.44. The molecule has 0 saturated heterocycles. The zero-order valence-electron chi connectivity index (χ0n) is 20.1. The number of carbonyl (C=O) groups is 1. The summed E-state index contributed by atoms with van der Waals surface area (Å²) >= 11 is 0. The average molecular weight is 473 g/mol. The van der Waals surface area contributed by atoms with Gasteiger partial charge in [-0.05, 0) is 61.9 Å². The number of hydrogen-bond acceptors (Lipinski definition) is 7. The van der Waals surface area contributed by atoms with Crippen molar-refractivity contribution in [3.63, 3.8) is 0 Å². The molecule has 0 spiro atoms. The van der Waals surface area contributed by atoms with Crippen LogP contribution in [0.15, 0.2) is 71.8 Å². The Balaban J connectivity index is 1.54. The molecule has 7 heteroatoms. The molecule has 0 radical (unpaired) electrons. The van der Waals surface area contributed by atoms with Crippen molar-refractivity contribution >= 4 is 11.7 Å². The van der Waals surface area contributed by atoms with Crippen LogP contribution in [-0.2, 0) is 4.74 Å². The zero-order chi connectivity index (χ0) is 24.4. The lowest BCUT2D eigenvalue weighted by Crippen LogP contribution is -2.34. The first kappa shape index (κ1) is 22.8.